The van der Waals surface area contributed by atoms with E-state index in [4.69, 9.17) is 11.1 Å². The molecule has 1 aliphatic rings. The Morgan fingerprint density at radius 1 is 0.944 bits per heavy atom. The van der Waals surface area contributed by atoms with Gasteiger partial charge in [0.25, 0.3) is 0 Å². The minimum absolute atomic E-state index is 0.551. The van der Waals surface area contributed by atoms with Crippen LogP contribution in [0.3, 0.4) is 0 Å². The van der Waals surface area contributed by atoms with Gasteiger partial charge in [-0.15, -0.1) is 0 Å². The Hall–Kier alpha value is -3.13. The Morgan fingerprint density at radius 3 is 2.22 bits per heavy atom. The number of rotatable bonds is 7. The molecule has 0 radical (unpaired) electrons. The van der Waals surface area contributed by atoms with Crippen LogP contribution < -0.4 is 5.73 Å². The number of nitrogens with one attached hydrogen (secondary N) is 1. The van der Waals surface area contributed by atoms with Crippen LogP contribution in [0, 0.1) is 17.2 Å². The summed E-state index contributed by atoms with van der Waals surface area (Å²) in [6.45, 7) is 12.5. The van der Waals surface area contributed by atoms with Gasteiger partial charge in [-0.3, -0.25) is 0 Å². The van der Waals surface area contributed by atoms with Gasteiger partial charge in [0.2, 0.25) is 0 Å². The molecule has 0 bridgehead atoms. The van der Waals surface area contributed by atoms with Crippen molar-refractivity contribution in [2.75, 3.05) is 0 Å². The van der Waals surface area contributed by atoms with Gasteiger partial charge in [-0.25, -0.2) is 0 Å². The summed E-state index contributed by atoms with van der Waals surface area (Å²) >= 11 is 0. The molecule has 2 atom stereocenters. The minimum atomic E-state index is 0.551. The molecule has 2 nitrogen and oxygen atoms in total. The van der Waals surface area contributed by atoms with Crippen molar-refractivity contribution in [2.45, 2.75) is 73.6 Å². The molecule has 1 aliphatic carbocycles. The SMILES string of the molecule is CC(=N)/C=C\Cc1cccc(-c2ccccc2)c1.CCC.CC[C@@H]1C=CCC(/C(N)=C/C=C(C)C)C1. The number of hydrogen-bond donors (Lipinski definition) is 2. The molecule has 0 amide bonds. The first-order valence-electron chi connectivity index (χ1n) is 13.4. The van der Waals surface area contributed by atoms with E-state index in [0.717, 1.165) is 24.5 Å². The third kappa shape index (κ3) is 13.1. The molecule has 2 aromatic rings. The predicted molar refractivity (Wildman–Crippen MR) is 161 cm³/mol. The maximum atomic E-state index is 7.35. The van der Waals surface area contributed by atoms with E-state index >= 15 is 0 Å². The molecule has 0 saturated heterocycles. The zero-order valence-electron chi connectivity index (χ0n) is 23.4. The van der Waals surface area contributed by atoms with Gasteiger partial charge in [0.05, 0.1) is 0 Å². The number of benzene rings is 2. The molecular weight excluding hydrogens is 436 g/mol. The third-order valence-corrected chi connectivity index (χ3v) is 5.78. The standard InChI is InChI=1S/C17H17N.C14H23N.C3H8/c1-14(18)7-5-8-15-9-6-12-17(13-15)16-10-3-2-4-11-16;1-4-12-6-5-7-13(10-12)14(15)9-8-11(2)3;1-3-2/h2-7,9-13,18H,8H2,1H3;5-6,8-9,12-13H,4,7,10,15H2,1-3H3;3H2,1-2H3/b7-5-,18-14?;14-9-;/t;12-,13?;/m.1./s1. The van der Waals surface area contributed by atoms with Gasteiger partial charge in [-0.2, -0.15) is 0 Å². The summed E-state index contributed by atoms with van der Waals surface area (Å²) in [6, 6.07) is 18.9. The lowest BCUT2D eigenvalue weighted by Crippen LogP contribution is -2.17. The smallest absolute Gasteiger partial charge is 0.0279 e. The predicted octanol–water partition coefficient (Wildman–Crippen LogP) is 9.70. The molecule has 3 N–H and O–H groups in total. The second-order valence-electron chi connectivity index (χ2n) is 9.74. The topological polar surface area (TPSA) is 49.9 Å². The number of nitrogens with two attached hydrogens (primary N) is 1. The zero-order valence-corrected chi connectivity index (χ0v) is 23.4. The molecule has 3 rings (SSSR count). The average molecular weight is 485 g/mol. The molecule has 0 spiro atoms. The number of allylic oxidation sites excluding steroid dienone is 8. The van der Waals surface area contributed by atoms with Crippen LogP contribution >= 0.6 is 0 Å². The first-order chi connectivity index (χ1) is 17.3. The summed E-state index contributed by atoms with van der Waals surface area (Å²) in [4.78, 5) is 0. The summed E-state index contributed by atoms with van der Waals surface area (Å²) < 4.78 is 0. The van der Waals surface area contributed by atoms with E-state index in [0.29, 0.717) is 11.6 Å². The fourth-order valence-electron chi connectivity index (χ4n) is 3.83. The van der Waals surface area contributed by atoms with Crippen molar-refractivity contribution in [3.05, 3.63) is 108 Å². The van der Waals surface area contributed by atoms with E-state index in [2.05, 4.69) is 107 Å². The molecule has 1 unspecified atom stereocenters. The van der Waals surface area contributed by atoms with E-state index in [1.165, 1.54) is 41.5 Å². The van der Waals surface area contributed by atoms with Gasteiger partial charge in [0.15, 0.2) is 0 Å². The van der Waals surface area contributed by atoms with Crippen LogP contribution in [0.25, 0.3) is 11.1 Å². The Bertz CT molecular complexity index is 1000. The van der Waals surface area contributed by atoms with Gasteiger partial charge in [0, 0.05) is 17.3 Å². The highest BCUT2D eigenvalue weighted by atomic mass is 14.6. The number of hydrogen-bond acceptors (Lipinski definition) is 2. The highest BCUT2D eigenvalue weighted by Crippen LogP contribution is 2.28. The Morgan fingerprint density at radius 2 is 1.61 bits per heavy atom. The highest BCUT2D eigenvalue weighted by molar-refractivity contribution is 5.89. The van der Waals surface area contributed by atoms with E-state index in [-0.39, 0.29) is 0 Å². The van der Waals surface area contributed by atoms with Gasteiger partial charge in [-0.05, 0) is 81.2 Å². The van der Waals surface area contributed by atoms with E-state index in [1.807, 2.05) is 18.2 Å². The highest BCUT2D eigenvalue weighted by Gasteiger charge is 2.18. The van der Waals surface area contributed by atoms with Gasteiger partial charge in [-0.1, -0.05) is 112 Å². The summed E-state index contributed by atoms with van der Waals surface area (Å²) in [7, 11) is 0. The van der Waals surface area contributed by atoms with E-state index < -0.39 is 0 Å². The summed E-state index contributed by atoms with van der Waals surface area (Å²) in [5, 5.41) is 7.35. The second-order valence-corrected chi connectivity index (χ2v) is 9.74. The van der Waals surface area contributed by atoms with E-state index in [9.17, 15) is 0 Å². The fraction of sp³-hybridized carbons (Fsp3) is 0.382. The summed E-state index contributed by atoms with van der Waals surface area (Å²) in [6.07, 6.45) is 18.3. The summed E-state index contributed by atoms with van der Waals surface area (Å²) in [5.74, 6) is 1.28. The zero-order chi connectivity index (χ0) is 26.8. The molecule has 194 valence electrons. The first kappa shape index (κ1) is 30.9. The normalized spacial score (nSPS) is 16.9. The molecule has 0 aliphatic heterocycles. The largest absolute Gasteiger partial charge is 0.402 e. The maximum absolute atomic E-state index is 7.35. The van der Waals surface area contributed by atoms with Crippen molar-refractivity contribution in [2.24, 2.45) is 17.6 Å². The molecule has 0 heterocycles. The van der Waals surface area contributed by atoms with Crippen LogP contribution in [0.2, 0.25) is 0 Å². The van der Waals surface area contributed by atoms with Crippen molar-refractivity contribution >= 4 is 5.71 Å². The van der Waals surface area contributed by atoms with Crippen molar-refractivity contribution < 1.29 is 0 Å². The Kier molecular flexibility index (Phi) is 15.6. The lowest BCUT2D eigenvalue weighted by atomic mass is 9.83. The van der Waals surface area contributed by atoms with Crippen LogP contribution in [0.5, 0.6) is 0 Å². The quantitative estimate of drug-likeness (QED) is 0.229. The second kappa shape index (κ2) is 18.2. The Balaban J connectivity index is 0.000000329. The Labute approximate surface area is 221 Å². The lowest BCUT2D eigenvalue weighted by molar-refractivity contribution is 0.433. The minimum Gasteiger partial charge on any atom is -0.402 e. The van der Waals surface area contributed by atoms with Crippen LogP contribution in [-0.2, 0) is 6.42 Å². The first-order valence-corrected chi connectivity index (χ1v) is 13.4. The molecular formula is C34H48N2. The van der Waals surface area contributed by atoms with Crippen molar-refractivity contribution in [3.63, 3.8) is 0 Å². The van der Waals surface area contributed by atoms with Gasteiger partial charge in [0.1, 0.15) is 0 Å². The van der Waals surface area contributed by atoms with Crippen molar-refractivity contribution in [1.29, 1.82) is 5.41 Å². The van der Waals surface area contributed by atoms with Gasteiger partial charge < -0.3 is 11.1 Å². The van der Waals surface area contributed by atoms with Crippen molar-refractivity contribution in [3.8, 4) is 11.1 Å². The monoisotopic (exact) mass is 484 g/mol. The molecule has 0 fully saturated rings. The van der Waals surface area contributed by atoms with Crippen LogP contribution in [-0.4, -0.2) is 5.71 Å². The molecule has 2 heteroatoms. The lowest BCUT2D eigenvalue weighted by Gasteiger charge is -2.24. The molecule has 0 saturated carbocycles. The fourth-order valence-corrected chi connectivity index (χ4v) is 3.83. The molecule has 2 aromatic carbocycles. The van der Waals surface area contributed by atoms with E-state index in [1.54, 1.807) is 6.92 Å². The van der Waals surface area contributed by atoms with Crippen molar-refractivity contribution in [1.82, 2.24) is 0 Å². The molecule has 36 heavy (non-hydrogen) atoms. The summed E-state index contributed by atoms with van der Waals surface area (Å²) in [5.41, 5.74) is 12.8. The van der Waals surface area contributed by atoms with Gasteiger partial charge >= 0.3 is 0 Å². The maximum Gasteiger partial charge on any atom is 0.0279 e. The average Bonchev–Trinajstić information content (AvgIpc) is 2.88. The molecule has 0 aromatic heterocycles. The third-order valence-electron chi connectivity index (χ3n) is 5.78. The van der Waals surface area contributed by atoms with Crippen LogP contribution in [0.4, 0.5) is 0 Å². The van der Waals surface area contributed by atoms with Crippen LogP contribution in [0.15, 0.2) is 102 Å². The van der Waals surface area contributed by atoms with Crippen LogP contribution in [0.1, 0.15) is 72.8 Å².